The van der Waals surface area contributed by atoms with Gasteiger partial charge in [-0.3, -0.25) is 4.79 Å². The highest BCUT2D eigenvalue weighted by Crippen LogP contribution is 2.26. The topological polar surface area (TPSA) is 67.2 Å². The van der Waals surface area contributed by atoms with Crippen LogP contribution in [0.25, 0.3) is 10.8 Å². The SMILES string of the molecule is CNC(=O)CCNc1ccc(C(N)=S)c2ccccc12. The van der Waals surface area contributed by atoms with Crippen LogP contribution < -0.4 is 16.4 Å². The minimum Gasteiger partial charge on any atom is -0.389 e. The van der Waals surface area contributed by atoms with E-state index in [1.807, 2.05) is 36.4 Å². The Kier molecular flexibility index (Phi) is 4.53. The number of hydrogen-bond donors (Lipinski definition) is 3. The van der Waals surface area contributed by atoms with Gasteiger partial charge in [0.05, 0.1) is 0 Å². The summed E-state index contributed by atoms with van der Waals surface area (Å²) in [5.41, 5.74) is 7.59. The van der Waals surface area contributed by atoms with E-state index in [4.69, 9.17) is 18.0 Å². The van der Waals surface area contributed by atoms with E-state index in [1.165, 1.54) is 0 Å². The first-order valence-corrected chi connectivity index (χ1v) is 6.80. The third-order valence-corrected chi connectivity index (χ3v) is 3.36. The standard InChI is InChI=1S/C15H17N3OS/c1-17-14(19)8-9-18-13-7-6-12(15(16)20)10-4-2-3-5-11(10)13/h2-7,18H,8-9H2,1H3,(H2,16,20)(H,17,19). The van der Waals surface area contributed by atoms with Crippen molar-refractivity contribution in [3.63, 3.8) is 0 Å². The van der Waals surface area contributed by atoms with Crippen molar-refractivity contribution in [2.45, 2.75) is 6.42 Å². The molecule has 0 atom stereocenters. The van der Waals surface area contributed by atoms with Gasteiger partial charge in [0.1, 0.15) is 4.99 Å². The van der Waals surface area contributed by atoms with E-state index in [-0.39, 0.29) is 5.91 Å². The fourth-order valence-electron chi connectivity index (χ4n) is 2.10. The molecule has 2 aromatic rings. The first-order valence-electron chi connectivity index (χ1n) is 6.39. The van der Waals surface area contributed by atoms with Gasteiger partial charge in [-0.1, -0.05) is 36.5 Å². The lowest BCUT2D eigenvalue weighted by Gasteiger charge is -2.12. The van der Waals surface area contributed by atoms with Gasteiger partial charge in [0, 0.05) is 36.7 Å². The second-order valence-corrected chi connectivity index (χ2v) is 4.86. The van der Waals surface area contributed by atoms with Crippen LogP contribution in [0.5, 0.6) is 0 Å². The van der Waals surface area contributed by atoms with Crippen LogP contribution in [0, 0.1) is 0 Å². The number of anilines is 1. The van der Waals surface area contributed by atoms with Crippen molar-refractivity contribution in [1.29, 1.82) is 0 Å². The number of thiocarbonyl (C=S) groups is 1. The van der Waals surface area contributed by atoms with Crippen molar-refractivity contribution in [2.75, 3.05) is 18.9 Å². The Balaban J connectivity index is 2.29. The molecule has 4 nitrogen and oxygen atoms in total. The van der Waals surface area contributed by atoms with Crippen molar-refractivity contribution in [3.8, 4) is 0 Å². The number of nitrogens with one attached hydrogen (secondary N) is 2. The summed E-state index contributed by atoms with van der Waals surface area (Å²) in [5, 5.41) is 7.94. The molecule has 2 rings (SSSR count). The minimum absolute atomic E-state index is 0.0153. The number of carbonyl (C=O) groups excluding carboxylic acids is 1. The van der Waals surface area contributed by atoms with Crippen LogP contribution in [0.2, 0.25) is 0 Å². The maximum Gasteiger partial charge on any atom is 0.221 e. The minimum atomic E-state index is 0.0153. The van der Waals surface area contributed by atoms with Crippen molar-refractivity contribution in [2.24, 2.45) is 5.73 Å². The van der Waals surface area contributed by atoms with Gasteiger partial charge in [-0.2, -0.15) is 0 Å². The van der Waals surface area contributed by atoms with E-state index in [1.54, 1.807) is 7.05 Å². The molecule has 0 aromatic heterocycles. The molecule has 0 unspecified atom stereocenters. The highest BCUT2D eigenvalue weighted by molar-refractivity contribution is 7.80. The monoisotopic (exact) mass is 287 g/mol. The summed E-state index contributed by atoms with van der Waals surface area (Å²) in [4.78, 5) is 11.6. The average Bonchev–Trinajstić information content (AvgIpc) is 2.46. The summed E-state index contributed by atoms with van der Waals surface area (Å²) in [6.45, 7) is 0.579. The summed E-state index contributed by atoms with van der Waals surface area (Å²) >= 11 is 5.07. The van der Waals surface area contributed by atoms with Gasteiger partial charge in [-0.15, -0.1) is 0 Å². The van der Waals surface area contributed by atoms with Gasteiger partial charge < -0.3 is 16.4 Å². The van der Waals surface area contributed by atoms with Gasteiger partial charge >= 0.3 is 0 Å². The van der Waals surface area contributed by atoms with Gasteiger partial charge in [0.15, 0.2) is 0 Å². The predicted molar refractivity (Wildman–Crippen MR) is 87.0 cm³/mol. The Morgan fingerprint density at radius 2 is 1.90 bits per heavy atom. The lowest BCUT2D eigenvalue weighted by molar-refractivity contribution is -0.120. The van der Waals surface area contributed by atoms with Crippen LogP contribution in [0.4, 0.5) is 5.69 Å². The molecule has 1 amide bonds. The number of amides is 1. The van der Waals surface area contributed by atoms with E-state index in [0.717, 1.165) is 22.0 Å². The second-order valence-electron chi connectivity index (χ2n) is 4.42. The summed E-state index contributed by atoms with van der Waals surface area (Å²) in [5.74, 6) is 0.0153. The fraction of sp³-hybridized carbons (Fsp3) is 0.200. The molecule has 0 radical (unpaired) electrons. The van der Waals surface area contributed by atoms with Crippen LogP contribution in [-0.2, 0) is 4.79 Å². The molecule has 5 heteroatoms. The van der Waals surface area contributed by atoms with Crippen LogP contribution in [0.1, 0.15) is 12.0 Å². The van der Waals surface area contributed by atoms with E-state index in [9.17, 15) is 4.79 Å². The van der Waals surface area contributed by atoms with Crippen LogP contribution in [0.3, 0.4) is 0 Å². The van der Waals surface area contributed by atoms with Crippen molar-refractivity contribution in [3.05, 3.63) is 42.0 Å². The number of carbonyl (C=O) groups is 1. The van der Waals surface area contributed by atoms with Gasteiger partial charge in [0.2, 0.25) is 5.91 Å². The molecular formula is C15H17N3OS. The number of nitrogens with two attached hydrogens (primary N) is 1. The van der Waals surface area contributed by atoms with Crippen LogP contribution in [0.15, 0.2) is 36.4 Å². The quantitative estimate of drug-likeness (QED) is 0.736. The number of rotatable bonds is 5. The molecule has 4 N–H and O–H groups in total. The van der Waals surface area contributed by atoms with E-state index < -0.39 is 0 Å². The molecule has 0 saturated carbocycles. The van der Waals surface area contributed by atoms with Gasteiger partial charge in [-0.05, 0) is 17.5 Å². The highest BCUT2D eigenvalue weighted by Gasteiger charge is 2.07. The molecule has 20 heavy (non-hydrogen) atoms. The van der Waals surface area contributed by atoms with Crippen molar-refractivity contribution in [1.82, 2.24) is 5.32 Å². The molecule has 104 valence electrons. The normalized spacial score (nSPS) is 10.2. The number of benzene rings is 2. The Morgan fingerprint density at radius 3 is 2.55 bits per heavy atom. The third kappa shape index (κ3) is 3.05. The first kappa shape index (κ1) is 14.3. The maximum absolute atomic E-state index is 11.2. The first-order chi connectivity index (χ1) is 9.63. The molecule has 0 fully saturated rings. The van der Waals surface area contributed by atoms with Crippen LogP contribution in [-0.4, -0.2) is 24.5 Å². The lowest BCUT2D eigenvalue weighted by atomic mass is 10.0. The van der Waals surface area contributed by atoms with Crippen LogP contribution >= 0.6 is 12.2 Å². The largest absolute Gasteiger partial charge is 0.389 e. The molecule has 0 aliphatic rings. The molecular weight excluding hydrogens is 270 g/mol. The Bertz CT molecular complexity index is 655. The Labute approximate surface area is 123 Å². The summed E-state index contributed by atoms with van der Waals surface area (Å²) in [6, 6.07) is 11.8. The molecule has 2 aromatic carbocycles. The zero-order valence-electron chi connectivity index (χ0n) is 11.3. The molecule has 0 saturated heterocycles. The fourth-order valence-corrected chi connectivity index (χ4v) is 2.28. The molecule has 0 bridgehead atoms. The summed E-state index contributed by atoms with van der Waals surface area (Å²) < 4.78 is 0. The average molecular weight is 287 g/mol. The lowest BCUT2D eigenvalue weighted by Crippen LogP contribution is -2.20. The zero-order valence-corrected chi connectivity index (χ0v) is 12.1. The summed E-state index contributed by atoms with van der Waals surface area (Å²) in [7, 11) is 1.63. The van der Waals surface area contributed by atoms with E-state index >= 15 is 0 Å². The van der Waals surface area contributed by atoms with Crippen molar-refractivity contribution < 1.29 is 4.79 Å². The third-order valence-electron chi connectivity index (χ3n) is 3.14. The maximum atomic E-state index is 11.2. The number of fused-ring (bicyclic) bond motifs is 1. The predicted octanol–water partition coefficient (Wildman–Crippen LogP) is 2.02. The molecule has 0 spiro atoms. The van der Waals surface area contributed by atoms with E-state index in [2.05, 4.69) is 10.6 Å². The smallest absolute Gasteiger partial charge is 0.221 e. The Hall–Kier alpha value is -2.14. The molecule has 0 aliphatic carbocycles. The highest BCUT2D eigenvalue weighted by atomic mass is 32.1. The van der Waals surface area contributed by atoms with Crippen molar-refractivity contribution >= 4 is 39.6 Å². The van der Waals surface area contributed by atoms with E-state index in [0.29, 0.717) is 18.0 Å². The molecule has 0 heterocycles. The van der Waals surface area contributed by atoms with Gasteiger partial charge in [-0.25, -0.2) is 0 Å². The van der Waals surface area contributed by atoms with Gasteiger partial charge in [0.25, 0.3) is 0 Å². The Morgan fingerprint density at radius 1 is 1.20 bits per heavy atom. The second kappa shape index (κ2) is 6.34. The molecule has 0 aliphatic heterocycles. The zero-order chi connectivity index (χ0) is 14.5. The number of hydrogen-bond acceptors (Lipinski definition) is 3. The summed E-state index contributed by atoms with van der Waals surface area (Å²) in [6.07, 6.45) is 0.432.